The number of aromatic nitrogens is 4. The molecule has 1 fully saturated rings. The Kier molecular flexibility index (Phi) is 7.47. The first-order valence-corrected chi connectivity index (χ1v) is 15.9. The summed E-state index contributed by atoms with van der Waals surface area (Å²) in [6.45, 7) is 1.12. The highest BCUT2D eigenvalue weighted by molar-refractivity contribution is 7.98. The molecule has 0 spiro atoms. The molecule has 11 heteroatoms. The van der Waals surface area contributed by atoms with Crippen molar-refractivity contribution in [3.8, 4) is 17.1 Å². The van der Waals surface area contributed by atoms with E-state index in [0.29, 0.717) is 35.4 Å². The van der Waals surface area contributed by atoms with Crippen LogP contribution in [0.15, 0.2) is 100 Å². The molecule has 3 aromatic carbocycles. The van der Waals surface area contributed by atoms with Crippen molar-refractivity contribution in [2.75, 3.05) is 18.4 Å². The van der Waals surface area contributed by atoms with Crippen LogP contribution in [0, 0.1) is 0 Å². The van der Waals surface area contributed by atoms with Gasteiger partial charge in [0.1, 0.15) is 0 Å². The van der Waals surface area contributed by atoms with Crippen molar-refractivity contribution in [1.29, 1.82) is 0 Å². The van der Waals surface area contributed by atoms with Crippen LogP contribution in [0.2, 0.25) is 0 Å². The van der Waals surface area contributed by atoms with E-state index in [1.54, 1.807) is 33.8 Å². The number of hydrogen-bond donors (Lipinski definition) is 1. The van der Waals surface area contributed by atoms with Crippen molar-refractivity contribution in [2.24, 2.45) is 0 Å². The van der Waals surface area contributed by atoms with E-state index >= 15 is 0 Å². The van der Waals surface area contributed by atoms with Gasteiger partial charge in [-0.05, 0) is 49.2 Å². The van der Waals surface area contributed by atoms with E-state index in [1.807, 2.05) is 76.7 Å². The Labute approximate surface area is 235 Å². The third-order valence-corrected chi connectivity index (χ3v) is 10.0. The second-order valence-corrected chi connectivity index (χ2v) is 12.8. The molecule has 0 unspecified atom stereocenters. The summed E-state index contributed by atoms with van der Waals surface area (Å²) in [6, 6.07) is 26.8. The Morgan fingerprint density at radius 2 is 1.64 bits per heavy atom. The molecule has 1 saturated heterocycles. The first-order chi connectivity index (χ1) is 19.1. The summed E-state index contributed by atoms with van der Waals surface area (Å²) < 4.78 is 30.0. The number of nitrogens with one attached hydrogen (secondary N) is 1. The summed E-state index contributed by atoms with van der Waals surface area (Å²) in [7, 11) is -3.55. The van der Waals surface area contributed by atoms with Crippen LogP contribution in [0.5, 0.6) is 0 Å². The zero-order chi connectivity index (χ0) is 26.7. The van der Waals surface area contributed by atoms with Gasteiger partial charge in [-0.2, -0.15) is 4.31 Å². The van der Waals surface area contributed by atoms with Gasteiger partial charge >= 0.3 is 0 Å². The first kappa shape index (κ1) is 25.8. The van der Waals surface area contributed by atoms with Crippen LogP contribution in [-0.2, 0) is 15.8 Å². The minimum Gasteiger partial charge on any atom is -0.332 e. The van der Waals surface area contributed by atoms with Gasteiger partial charge in [-0.3, -0.25) is 4.57 Å². The van der Waals surface area contributed by atoms with Crippen molar-refractivity contribution in [3.05, 3.63) is 96.0 Å². The maximum atomic E-state index is 13.2. The van der Waals surface area contributed by atoms with Gasteiger partial charge in [0.05, 0.1) is 10.6 Å². The lowest BCUT2D eigenvalue weighted by Gasteiger charge is -2.16. The molecule has 0 amide bonds. The summed E-state index contributed by atoms with van der Waals surface area (Å²) in [4.78, 5) is 5.00. The summed E-state index contributed by atoms with van der Waals surface area (Å²) in [5, 5.41) is 15.9. The third kappa shape index (κ3) is 5.62. The zero-order valence-corrected chi connectivity index (χ0v) is 23.4. The summed E-state index contributed by atoms with van der Waals surface area (Å²) >= 11 is 3.10. The lowest BCUT2D eigenvalue weighted by atomic mass is 10.2. The Balaban J connectivity index is 1.28. The molecule has 0 aliphatic carbocycles. The van der Waals surface area contributed by atoms with Gasteiger partial charge < -0.3 is 5.32 Å². The monoisotopic (exact) mass is 574 g/mol. The number of thioether (sulfide) groups is 1. The SMILES string of the molecule is O=S(=O)(c1cccc(-c2nnc(SCc3csc(Nc4ccccc4)n3)n2-c2ccccc2)c1)N1CCCC1. The van der Waals surface area contributed by atoms with Crippen molar-refractivity contribution < 1.29 is 8.42 Å². The molecule has 5 aromatic rings. The molecule has 3 heterocycles. The van der Waals surface area contributed by atoms with E-state index < -0.39 is 10.0 Å². The number of anilines is 2. The lowest BCUT2D eigenvalue weighted by Crippen LogP contribution is -2.27. The van der Waals surface area contributed by atoms with Gasteiger partial charge in [0, 0.05) is 41.2 Å². The molecule has 0 radical (unpaired) electrons. The molecule has 0 bridgehead atoms. The largest absolute Gasteiger partial charge is 0.332 e. The number of rotatable bonds is 9. The average Bonchev–Trinajstić information content (AvgIpc) is 3.75. The highest BCUT2D eigenvalue weighted by Crippen LogP contribution is 2.32. The van der Waals surface area contributed by atoms with E-state index in [0.717, 1.165) is 35.0 Å². The fourth-order valence-electron chi connectivity index (χ4n) is 4.45. The minimum absolute atomic E-state index is 0.277. The lowest BCUT2D eigenvalue weighted by molar-refractivity contribution is 0.477. The van der Waals surface area contributed by atoms with Gasteiger partial charge in [-0.15, -0.1) is 21.5 Å². The van der Waals surface area contributed by atoms with Gasteiger partial charge in [0.15, 0.2) is 16.1 Å². The number of hydrogen-bond acceptors (Lipinski definition) is 8. The van der Waals surface area contributed by atoms with E-state index in [2.05, 4.69) is 15.5 Å². The number of sulfonamides is 1. The molecular formula is C28H26N6O2S3. The van der Waals surface area contributed by atoms with Gasteiger partial charge in [0.2, 0.25) is 10.0 Å². The van der Waals surface area contributed by atoms with Gasteiger partial charge in [-0.1, -0.05) is 60.3 Å². The molecule has 8 nitrogen and oxygen atoms in total. The molecule has 2 aromatic heterocycles. The van der Waals surface area contributed by atoms with Gasteiger partial charge in [-0.25, -0.2) is 13.4 Å². The van der Waals surface area contributed by atoms with Gasteiger partial charge in [0.25, 0.3) is 0 Å². The van der Waals surface area contributed by atoms with E-state index in [1.165, 1.54) is 11.8 Å². The molecule has 39 heavy (non-hydrogen) atoms. The molecule has 6 rings (SSSR count). The topological polar surface area (TPSA) is 93.0 Å². The van der Waals surface area contributed by atoms with Crippen molar-refractivity contribution in [3.63, 3.8) is 0 Å². The summed E-state index contributed by atoms with van der Waals surface area (Å²) in [5.74, 6) is 1.20. The Morgan fingerprint density at radius 1 is 0.897 bits per heavy atom. The number of nitrogens with zero attached hydrogens (tertiary/aromatic N) is 5. The molecule has 1 aliphatic heterocycles. The molecule has 198 valence electrons. The molecule has 1 aliphatic rings. The van der Waals surface area contributed by atoms with Crippen LogP contribution >= 0.6 is 23.1 Å². The first-order valence-electron chi connectivity index (χ1n) is 12.6. The van der Waals surface area contributed by atoms with Crippen molar-refractivity contribution >= 4 is 43.9 Å². The second kappa shape index (κ2) is 11.3. The predicted molar refractivity (Wildman–Crippen MR) is 156 cm³/mol. The highest BCUT2D eigenvalue weighted by Gasteiger charge is 2.28. The van der Waals surface area contributed by atoms with Crippen molar-refractivity contribution in [2.45, 2.75) is 28.6 Å². The quantitative estimate of drug-likeness (QED) is 0.209. The normalized spacial score (nSPS) is 14.1. The number of para-hydroxylation sites is 2. The summed E-state index contributed by atoms with van der Waals surface area (Å²) in [5.41, 5.74) is 3.53. The molecule has 1 N–H and O–H groups in total. The molecular weight excluding hydrogens is 549 g/mol. The molecule has 0 atom stereocenters. The number of benzene rings is 3. The van der Waals surface area contributed by atoms with Crippen LogP contribution < -0.4 is 5.32 Å². The van der Waals surface area contributed by atoms with Crippen LogP contribution in [0.3, 0.4) is 0 Å². The third-order valence-electron chi connectivity index (χ3n) is 6.37. The van der Waals surface area contributed by atoms with E-state index in [-0.39, 0.29) is 4.90 Å². The zero-order valence-electron chi connectivity index (χ0n) is 21.0. The maximum Gasteiger partial charge on any atom is 0.243 e. The van der Waals surface area contributed by atoms with Crippen LogP contribution in [-0.4, -0.2) is 45.6 Å². The number of thiazole rings is 1. The minimum atomic E-state index is -3.55. The maximum absolute atomic E-state index is 13.2. The predicted octanol–water partition coefficient (Wildman–Crippen LogP) is 6.21. The van der Waals surface area contributed by atoms with Crippen LogP contribution in [0.4, 0.5) is 10.8 Å². The highest BCUT2D eigenvalue weighted by atomic mass is 32.2. The van der Waals surface area contributed by atoms with E-state index in [4.69, 9.17) is 4.98 Å². The van der Waals surface area contributed by atoms with Crippen LogP contribution in [0.25, 0.3) is 17.1 Å². The van der Waals surface area contributed by atoms with E-state index in [9.17, 15) is 8.42 Å². The smallest absolute Gasteiger partial charge is 0.243 e. The van der Waals surface area contributed by atoms with Crippen LogP contribution in [0.1, 0.15) is 18.5 Å². The fraction of sp³-hybridized carbons (Fsp3) is 0.179. The standard InChI is InChI=1S/C28H26N6O2S3/c35-39(36,33-16-7-8-17-33)25-15-9-10-21(18-25)26-31-32-28(34(26)24-13-5-2-6-14-24)38-20-23-19-37-27(30-23)29-22-11-3-1-4-12-22/h1-6,9-15,18-19H,7-8,16-17,20H2,(H,29,30). The average molecular weight is 575 g/mol. The Morgan fingerprint density at radius 3 is 2.41 bits per heavy atom. The Bertz CT molecular complexity index is 1660. The fourth-order valence-corrected chi connectivity index (χ4v) is 7.69. The summed E-state index contributed by atoms with van der Waals surface area (Å²) in [6.07, 6.45) is 1.79. The van der Waals surface area contributed by atoms with Crippen molar-refractivity contribution in [1.82, 2.24) is 24.1 Å². The Hall–Kier alpha value is -3.51. The second-order valence-electron chi connectivity index (χ2n) is 9.04. The molecule has 0 saturated carbocycles.